The summed E-state index contributed by atoms with van der Waals surface area (Å²) in [5.74, 6) is -0.284. The minimum atomic E-state index is -1.98. The number of hydrogen-bond donors (Lipinski definition) is 12. The van der Waals surface area contributed by atoms with Crippen LogP contribution in [0.15, 0.2) is 24.3 Å². The van der Waals surface area contributed by atoms with Crippen LogP contribution < -0.4 is 5.32 Å². The Bertz CT molecular complexity index is 1560. The summed E-state index contributed by atoms with van der Waals surface area (Å²) in [6.07, 6.45) is 20.4. The molecule has 17 atom stereocenters. The lowest BCUT2D eigenvalue weighted by atomic mass is 9.96. The molecule has 80 heavy (non-hydrogen) atoms. The van der Waals surface area contributed by atoms with Crippen LogP contribution in [0.1, 0.15) is 226 Å². The molecule has 3 saturated heterocycles. The Balaban J connectivity index is 1.43. The molecule has 3 fully saturated rings. The fourth-order valence-electron chi connectivity index (χ4n) is 10.8. The van der Waals surface area contributed by atoms with Crippen molar-refractivity contribution in [2.24, 2.45) is 0 Å². The van der Waals surface area contributed by atoms with Gasteiger partial charge >= 0.3 is 0 Å². The van der Waals surface area contributed by atoms with Gasteiger partial charge in [-0.2, -0.15) is 0 Å². The molecule has 0 spiro atoms. The summed E-state index contributed by atoms with van der Waals surface area (Å²) in [5.41, 5.74) is 0. The first-order chi connectivity index (χ1) is 38.8. The summed E-state index contributed by atoms with van der Waals surface area (Å²) in [6, 6.07) is -0.984. The van der Waals surface area contributed by atoms with E-state index in [9.17, 15) is 61.0 Å². The smallest absolute Gasteiger partial charge is 0.220 e. The molecule has 3 heterocycles. The van der Waals surface area contributed by atoms with Crippen molar-refractivity contribution in [2.45, 2.75) is 330 Å². The first-order valence-corrected chi connectivity index (χ1v) is 31.6. The number of ether oxygens (including phenoxy) is 6. The molecule has 3 aliphatic heterocycles. The van der Waals surface area contributed by atoms with E-state index in [2.05, 4.69) is 31.3 Å². The van der Waals surface area contributed by atoms with E-state index in [-0.39, 0.29) is 18.9 Å². The highest BCUT2D eigenvalue weighted by Gasteiger charge is 2.53. The van der Waals surface area contributed by atoms with Gasteiger partial charge in [-0.3, -0.25) is 4.79 Å². The SMILES string of the molecule is CCCCCCC/C=C/CC/C=C/C(O)C(COC1OC(CO)C(OC2OC(CO)C(OC3OC(CO)C(O)C(O)C3O)C(O)C2O)C(O)C1O)NC(=O)CCCCCCCCCCCCCCCCCCCCCCCCCC. The Morgan fingerprint density at radius 2 is 0.800 bits per heavy atom. The normalized spacial score (nSPS) is 30.1. The number of unbranched alkanes of at least 4 members (excludes halogenated alkanes) is 29. The Morgan fingerprint density at radius 1 is 0.438 bits per heavy atom. The van der Waals surface area contributed by atoms with Gasteiger partial charge in [-0.05, 0) is 32.1 Å². The number of aliphatic hydroxyl groups is 11. The average Bonchev–Trinajstić information content (AvgIpc) is 3.47. The molecule has 3 aliphatic rings. The van der Waals surface area contributed by atoms with Gasteiger partial charge in [-0.15, -0.1) is 0 Å². The Labute approximate surface area is 479 Å². The van der Waals surface area contributed by atoms with Gasteiger partial charge in [0.05, 0.1) is 38.6 Å². The lowest BCUT2D eigenvalue weighted by Gasteiger charge is -2.48. The van der Waals surface area contributed by atoms with E-state index in [0.717, 1.165) is 38.5 Å². The second kappa shape index (κ2) is 44.7. The number of hydrogen-bond acceptors (Lipinski definition) is 18. The van der Waals surface area contributed by atoms with Crippen LogP contribution in [0.25, 0.3) is 0 Å². The van der Waals surface area contributed by atoms with E-state index in [1.807, 2.05) is 6.08 Å². The van der Waals surface area contributed by atoms with Crippen molar-refractivity contribution in [3.8, 4) is 0 Å². The molecule has 0 aromatic carbocycles. The highest BCUT2D eigenvalue weighted by Crippen LogP contribution is 2.33. The molecule has 0 bridgehead atoms. The fourth-order valence-corrected chi connectivity index (χ4v) is 10.8. The van der Waals surface area contributed by atoms with Gasteiger partial charge in [0.25, 0.3) is 0 Å². The van der Waals surface area contributed by atoms with E-state index in [0.29, 0.717) is 12.8 Å². The minimum Gasteiger partial charge on any atom is -0.394 e. The van der Waals surface area contributed by atoms with Crippen LogP contribution in [0.5, 0.6) is 0 Å². The van der Waals surface area contributed by atoms with E-state index < -0.39 is 124 Å². The molecule has 19 nitrogen and oxygen atoms in total. The third-order valence-corrected chi connectivity index (χ3v) is 16.0. The molecule has 0 aromatic rings. The van der Waals surface area contributed by atoms with E-state index in [1.54, 1.807) is 6.08 Å². The lowest BCUT2D eigenvalue weighted by molar-refractivity contribution is -0.379. The van der Waals surface area contributed by atoms with Crippen LogP contribution >= 0.6 is 0 Å². The first-order valence-electron chi connectivity index (χ1n) is 31.6. The summed E-state index contributed by atoms with van der Waals surface area (Å²) >= 11 is 0. The number of amides is 1. The molecule has 0 aliphatic carbocycles. The minimum absolute atomic E-state index is 0.240. The standard InChI is InChI=1S/C61H113NO18/c1-3-5-7-9-11-13-15-16-17-18-19-20-21-22-23-24-25-26-27-29-31-33-35-37-39-49(67)62-44(45(66)38-36-34-32-30-28-14-12-10-8-6-4-2)43-75-59-55(73)52(70)57(47(41-64)77-59)80-61-56(74)53(71)58(48(42-65)78-61)79-60-54(72)51(69)50(68)46(40-63)76-60/h28,30,36,38,44-48,50-61,63-66,68-74H,3-27,29,31-35,37,39-43H2,1-2H3,(H,62,67)/b30-28+,38-36+. The molecular weight excluding hydrogens is 1030 g/mol. The highest BCUT2D eigenvalue weighted by molar-refractivity contribution is 5.76. The third kappa shape index (κ3) is 28.0. The van der Waals surface area contributed by atoms with Crippen LogP contribution in [-0.4, -0.2) is 193 Å². The van der Waals surface area contributed by atoms with Gasteiger partial charge in [0.1, 0.15) is 73.2 Å². The summed E-state index contributed by atoms with van der Waals surface area (Å²) in [5, 5.41) is 120. The molecule has 470 valence electrons. The zero-order valence-corrected chi connectivity index (χ0v) is 49.1. The summed E-state index contributed by atoms with van der Waals surface area (Å²) in [6.45, 7) is 1.69. The van der Waals surface area contributed by atoms with Crippen molar-refractivity contribution in [3.05, 3.63) is 24.3 Å². The van der Waals surface area contributed by atoms with E-state index >= 15 is 0 Å². The van der Waals surface area contributed by atoms with Crippen LogP contribution in [-0.2, 0) is 33.2 Å². The Hall–Kier alpha value is -1.73. The molecule has 1 amide bonds. The molecule has 19 heteroatoms. The zero-order valence-electron chi connectivity index (χ0n) is 49.1. The van der Waals surface area contributed by atoms with Crippen molar-refractivity contribution >= 4 is 5.91 Å². The van der Waals surface area contributed by atoms with Crippen LogP contribution in [0, 0.1) is 0 Å². The van der Waals surface area contributed by atoms with Crippen LogP contribution in [0.4, 0.5) is 0 Å². The van der Waals surface area contributed by atoms with Crippen molar-refractivity contribution in [1.82, 2.24) is 5.32 Å². The van der Waals surface area contributed by atoms with Gasteiger partial charge in [-0.1, -0.05) is 212 Å². The number of carbonyl (C=O) groups excluding carboxylic acids is 1. The monoisotopic (exact) mass is 1150 g/mol. The van der Waals surface area contributed by atoms with Crippen molar-refractivity contribution in [3.63, 3.8) is 0 Å². The van der Waals surface area contributed by atoms with Gasteiger partial charge in [0, 0.05) is 6.42 Å². The maximum Gasteiger partial charge on any atom is 0.220 e. The van der Waals surface area contributed by atoms with E-state index in [4.69, 9.17) is 28.4 Å². The summed E-state index contributed by atoms with van der Waals surface area (Å²) in [4.78, 5) is 13.3. The largest absolute Gasteiger partial charge is 0.394 e. The predicted octanol–water partition coefficient (Wildman–Crippen LogP) is 6.32. The highest BCUT2D eigenvalue weighted by atomic mass is 16.8. The second-order valence-corrected chi connectivity index (χ2v) is 22.9. The number of rotatable bonds is 47. The number of aliphatic hydroxyl groups excluding tert-OH is 11. The van der Waals surface area contributed by atoms with Crippen molar-refractivity contribution in [1.29, 1.82) is 0 Å². The summed E-state index contributed by atoms with van der Waals surface area (Å²) < 4.78 is 34.2. The van der Waals surface area contributed by atoms with Crippen molar-refractivity contribution in [2.75, 3.05) is 26.4 Å². The first kappa shape index (κ1) is 72.5. The maximum absolute atomic E-state index is 13.3. The molecule has 3 rings (SSSR count). The molecule has 0 saturated carbocycles. The molecule has 12 N–H and O–H groups in total. The Morgan fingerprint density at radius 3 is 1.25 bits per heavy atom. The van der Waals surface area contributed by atoms with Gasteiger partial charge in [-0.25, -0.2) is 0 Å². The molecule has 17 unspecified atom stereocenters. The van der Waals surface area contributed by atoms with Crippen molar-refractivity contribution < 1.29 is 89.4 Å². The van der Waals surface area contributed by atoms with Gasteiger partial charge in [0.2, 0.25) is 5.91 Å². The predicted molar refractivity (Wildman–Crippen MR) is 305 cm³/mol. The van der Waals surface area contributed by atoms with Crippen LogP contribution in [0.2, 0.25) is 0 Å². The topological polar surface area (TPSA) is 307 Å². The Kier molecular flexibility index (Phi) is 40.5. The average molecular weight is 1150 g/mol. The van der Waals surface area contributed by atoms with Gasteiger partial charge in [0.15, 0.2) is 18.9 Å². The molecule has 0 radical (unpaired) electrons. The van der Waals surface area contributed by atoms with Crippen LogP contribution in [0.3, 0.4) is 0 Å². The maximum atomic E-state index is 13.3. The molecule has 0 aromatic heterocycles. The van der Waals surface area contributed by atoms with Gasteiger partial charge < -0.3 is 89.9 Å². The lowest BCUT2D eigenvalue weighted by Crippen LogP contribution is -2.66. The van der Waals surface area contributed by atoms with E-state index in [1.165, 1.54) is 154 Å². The number of allylic oxidation sites excluding steroid dienone is 3. The zero-order chi connectivity index (χ0) is 58.3. The summed E-state index contributed by atoms with van der Waals surface area (Å²) in [7, 11) is 0. The second-order valence-electron chi connectivity index (χ2n) is 22.9. The quantitative estimate of drug-likeness (QED) is 0.0234. The third-order valence-electron chi connectivity index (χ3n) is 16.0. The number of carbonyl (C=O) groups is 1. The molecular formula is C61H113NO18. The fraction of sp³-hybridized carbons (Fsp3) is 0.918. The number of nitrogens with one attached hydrogen (secondary N) is 1.